The summed E-state index contributed by atoms with van der Waals surface area (Å²) in [7, 11) is 1.71. The van der Waals surface area contributed by atoms with Crippen LogP contribution >= 0.6 is 27.5 Å². The molecule has 0 amide bonds. The van der Waals surface area contributed by atoms with Crippen molar-refractivity contribution in [1.29, 1.82) is 0 Å². The Morgan fingerprint density at radius 3 is 2.90 bits per heavy atom. The van der Waals surface area contributed by atoms with Gasteiger partial charge in [0.05, 0.1) is 11.6 Å². The molecular weight excluding hydrogens is 342 g/mol. The Morgan fingerprint density at radius 2 is 2.15 bits per heavy atom. The number of halogens is 2. The normalized spacial score (nSPS) is 10.9. The van der Waals surface area contributed by atoms with Crippen molar-refractivity contribution in [3.05, 3.63) is 45.6 Å². The van der Waals surface area contributed by atoms with E-state index in [1.54, 1.807) is 7.11 Å². The quantitative estimate of drug-likeness (QED) is 0.741. The van der Waals surface area contributed by atoms with Gasteiger partial charge in [-0.05, 0) is 43.3 Å². The first-order valence-corrected chi connectivity index (χ1v) is 7.61. The van der Waals surface area contributed by atoms with E-state index < -0.39 is 0 Å². The molecule has 0 aliphatic rings. The van der Waals surface area contributed by atoms with Crippen LogP contribution in [0, 0.1) is 0 Å². The number of furan rings is 1. The molecule has 0 atom stereocenters. The van der Waals surface area contributed by atoms with Gasteiger partial charge in [0.1, 0.15) is 11.5 Å². The van der Waals surface area contributed by atoms with Crippen LogP contribution in [0.3, 0.4) is 0 Å². The van der Waals surface area contributed by atoms with Gasteiger partial charge in [-0.1, -0.05) is 27.5 Å². The van der Waals surface area contributed by atoms with Crippen LogP contribution in [0.5, 0.6) is 0 Å². The summed E-state index contributed by atoms with van der Waals surface area (Å²) in [5, 5.41) is 3.99. The van der Waals surface area contributed by atoms with Crippen LogP contribution in [0.25, 0.3) is 11.3 Å². The summed E-state index contributed by atoms with van der Waals surface area (Å²) in [6, 6.07) is 9.67. The second kappa shape index (κ2) is 7.84. The Balaban J connectivity index is 1.95. The minimum atomic E-state index is 0.674. The summed E-state index contributed by atoms with van der Waals surface area (Å²) in [4.78, 5) is 0. The van der Waals surface area contributed by atoms with Gasteiger partial charge in [-0.3, -0.25) is 0 Å². The summed E-state index contributed by atoms with van der Waals surface area (Å²) in [5.74, 6) is 1.69. The number of nitrogens with one attached hydrogen (secondary N) is 1. The van der Waals surface area contributed by atoms with Crippen molar-refractivity contribution in [2.45, 2.75) is 13.0 Å². The largest absolute Gasteiger partial charge is 0.460 e. The molecule has 2 aromatic rings. The summed E-state index contributed by atoms with van der Waals surface area (Å²) < 4.78 is 11.8. The van der Waals surface area contributed by atoms with Crippen LogP contribution in [0.15, 0.2) is 39.2 Å². The highest BCUT2D eigenvalue weighted by molar-refractivity contribution is 9.10. The third-order valence-electron chi connectivity index (χ3n) is 2.86. The smallest absolute Gasteiger partial charge is 0.135 e. The molecule has 1 N–H and O–H groups in total. The monoisotopic (exact) mass is 357 g/mol. The van der Waals surface area contributed by atoms with Gasteiger partial charge in [-0.15, -0.1) is 0 Å². The van der Waals surface area contributed by atoms with Crippen LogP contribution < -0.4 is 5.32 Å². The lowest BCUT2D eigenvalue weighted by Gasteiger charge is -2.03. The zero-order valence-electron chi connectivity index (χ0n) is 11.3. The number of benzene rings is 1. The van der Waals surface area contributed by atoms with E-state index in [2.05, 4.69) is 21.2 Å². The van der Waals surface area contributed by atoms with E-state index in [4.69, 9.17) is 20.8 Å². The minimum absolute atomic E-state index is 0.674. The van der Waals surface area contributed by atoms with Crippen molar-refractivity contribution in [2.75, 3.05) is 20.3 Å². The van der Waals surface area contributed by atoms with Gasteiger partial charge in [-0.25, -0.2) is 0 Å². The molecule has 0 aliphatic heterocycles. The Labute approximate surface area is 132 Å². The predicted octanol–water partition coefficient (Wildman–Crippen LogP) is 4.49. The molecule has 0 saturated carbocycles. The number of rotatable bonds is 7. The Hall–Kier alpha value is -0.810. The van der Waals surface area contributed by atoms with E-state index in [0.29, 0.717) is 11.6 Å². The highest BCUT2D eigenvalue weighted by atomic mass is 79.9. The van der Waals surface area contributed by atoms with Gasteiger partial charge >= 0.3 is 0 Å². The number of ether oxygens (including phenoxy) is 1. The summed E-state index contributed by atoms with van der Waals surface area (Å²) in [5.41, 5.74) is 0.903. The van der Waals surface area contributed by atoms with E-state index in [1.807, 2.05) is 30.3 Å². The second-order valence-corrected chi connectivity index (χ2v) is 5.74. The topological polar surface area (TPSA) is 34.4 Å². The Kier molecular flexibility index (Phi) is 6.10. The maximum Gasteiger partial charge on any atom is 0.135 e. The van der Waals surface area contributed by atoms with Gasteiger partial charge in [0, 0.05) is 23.8 Å². The maximum atomic E-state index is 6.22. The molecular formula is C15H17BrClNO2. The number of hydrogen-bond acceptors (Lipinski definition) is 3. The molecule has 2 rings (SSSR count). The van der Waals surface area contributed by atoms with Crippen molar-refractivity contribution in [3.63, 3.8) is 0 Å². The average Bonchev–Trinajstić information content (AvgIpc) is 2.87. The van der Waals surface area contributed by atoms with Crippen LogP contribution in [0.1, 0.15) is 12.2 Å². The molecule has 0 saturated heterocycles. The van der Waals surface area contributed by atoms with Crippen LogP contribution in [0.4, 0.5) is 0 Å². The summed E-state index contributed by atoms with van der Waals surface area (Å²) in [6.45, 7) is 2.38. The van der Waals surface area contributed by atoms with Gasteiger partial charge in [0.15, 0.2) is 0 Å². The molecule has 0 radical (unpaired) electrons. The van der Waals surface area contributed by atoms with Crippen LogP contribution in [0.2, 0.25) is 5.02 Å². The van der Waals surface area contributed by atoms with Gasteiger partial charge < -0.3 is 14.5 Å². The zero-order chi connectivity index (χ0) is 14.4. The molecule has 0 unspecified atom stereocenters. The number of methoxy groups -OCH3 is 1. The van der Waals surface area contributed by atoms with E-state index in [-0.39, 0.29) is 0 Å². The van der Waals surface area contributed by atoms with Gasteiger partial charge in [0.25, 0.3) is 0 Å². The highest BCUT2D eigenvalue weighted by Gasteiger charge is 2.08. The third-order valence-corrected chi connectivity index (χ3v) is 3.67. The Morgan fingerprint density at radius 1 is 1.30 bits per heavy atom. The Bertz CT molecular complexity index is 557. The average molecular weight is 359 g/mol. The molecule has 1 heterocycles. The molecule has 0 bridgehead atoms. The van der Waals surface area contributed by atoms with E-state index >= 15 is 0 Å². The van der Waals surface area contributed by atoms with E-state index in [9.17, 15) is 0 Å². The highest BCUT2D eigenvalue weighted by Crippen LogP contribution is 2.31. The maximum absolute atomic E-state index is 6.22. The van der Waals surface area contributed by atoms with Crippen molar-refractivity contribution >= 4 is 27.5 Å². The summed E-state index contributed by atoms with van der Waals surface area (Å²) >= 11 is 9.61. The standard InChI is InChI=1S/C15H17BrClNO2/c1-19-8-2-7-18-10-12-4-6-15(20-12)13-5-3-11(16)9-14(13)17/h3-6,9,18H,2,7-8,10H2,1H3. The number of hydrogen-bond donors (Lipinski definition) is 1. The molecule has 0 spiro atoms. The molecule has 1 aromatic heterocycles. The predicted molar refractivity (Wildman–Crippen MR) is 85.1 cm³/mol. The first kappa shape index (κ1) is 15.6. The second-order valence-electron chi connectivity index (χ2n) is 4.41. The fourth-order valence-corrected chi connectivity index (χ4v) is 2.63. The van der Waals surface area contributed by atoms with Gasteiger partial charge in [0.2, 0.25) is 0 Å². The lowest BCUT2D eigenvalue weighted by molar-refractivity contribution is 0.194. The zero-order valence-corrected chi connectivity index (χ0v) is 13.6. The van der Waals surface area contributed by atoms with E-state index in [0.717, 1.165) is 41.1 Å². The van der Waals surface area contributed by atoms with Gasteiger partial charge in [-0.2, -0.15) is 0 Å². The molecule has 20 heavy (non-hydrogen) atoms. The molecule has 1 aromatic carbocycles. The van der Waals surface area contributed by atoms with Crippen molar-refractivity contribution < 1.29 is 9.15 Å². The van der Waals surface area contributed by atoms with Crippen molar-refractivity contribution in [1.82, 2.24) is 5.32 Å². The molecule has 0 fully saturated rings. The van der Waals surface area contributed by atoms with Crippen molar-refractivity contribution in [3.8, 4) is 11.3 Å². The molecule has 3 nitrogen and oxygen atoms in total. The third kappa shape index (κ3) is 4.35. The summed E-state index contributed by atoms with van der Waals surface area (Å²) in [6.07, 6.45) is 0.989. The molecule has 5 heteroatoms. The van der Waals surface area contributed by atoms with Crippen LogP contribution in [-0.2, 0) is 11.3 Å². The minimum Gasteiger partial charge on any atom is -0.460 e. The first-order chi connectivity index (χ1) is 9.70. The van der Waals surface area contributed by atoms with E-state index in [1.165, 1.54) is 0 Å². The van der Waals surface area contributed by atoms with Crippen molar-refractivity contribution in [2.24, 2.45) is 0 Å². The fourth-order valence-electron chi connectivity index (χ4n) is 1.86. The fraction of sp³-hybridized carbons (Fsp3) is 0.333. The lowest BCUT2D eigenvalue weighted by Crippen LogP contribution is -2.15. The molecule has 108 valence electrons. The first-order valence-electron chi connectivity index (χ1n) is 6.44. The lowest BCUT2D eigenvalue weighted by atomic mass is 10.2. The SMILES string of the molecule is COCCCNCc1ccc(-c2ccc(Br)cc2Cl)o1. The van der Waals surface area contributed by atoms with Crippen LogP contribution in [-0.4, -0.2) is 20.3 Å². The molecule has 0 aliphatic carbocycles.